The predicted octanol–water partition coefficient (Wildman–Crippen LogP) is -0.732. The highest BCUT2D eigenvalue weighted by atomic mass is 32.2. The van der Waals surface area contributed by atoms with Crippen LogP contribution in [0, 0.1) is 11.3 Å². The lowest BCUT2D eigenvalue weighted by Gasteiger charge is -2.12. The summed E-state index contributed by atoms with van der Waals surface area (Å²) in [4.78, 5) is 45.9. The summed E-state index contributed by atoms with van der Waals surface area (Å²) in [7, 11) is 0. The van der Waals surface area contributed by atoms with Crippen molar-refractivity contribution in [2.24, 2.45) is 0 Å². The quantitative estimate of drug-likeness (QED) is 0.316. The van der Waals surface area contributed by atoms with E-state index in [0.717, 1.165) is 22.9 Å². The zero-order chi connectivity index (χ0) is 16.7. The van der Waals surface area contributed by atoms with E-state index in [1.54, 1.807) is 6.07 Å². The number of carboxylic acid groups (broad SMARTS) is 1. The molecule has 0 radical (unpaired) electrons. The summed E-state index contributed by atoms with van der Waals surface area (Å²) in [6, 6.07) is 0.510. The average Bonchev–Trinajstić information content (AvgIpc) is 2.78. The van der Waals surface area contributed by atoms with E-state index in [2.05, 4.69) is 10.6 Å². The Morgan fingerprint density at radius 2 is 2.23 bits per heavy atom. The topological polar surface area (TPSA) is 140 Å². The molecule has 118 valence electrons. The van der Waals surface area contributed by atoms with Crippen LogP contribution in [0.4, 0.5) is 4.79 Å². The number of carbonyl (C=O) groups is 4. The number of nitrogens with zero attached hydrogens (tertiary/aromatic N) is 2. The van der Waals surface area contributed by atoms with Crippen molar-refractivity contribution in [3.63, 3.8) is 0 Å². The number of imide groups is 1. The number of carboxylic acids is 1. The molecule has 1 saturated heterocycles. The van der Waals surface area contributed by atoms with E-state index in [-0.39, 0.29) is 35.6 Å². The lowest BCUT2D eigenvalue weighted by molar-refractivity contribution is -0.140. The summed E-state index contributed by atoms with van der Waals surface area (Å²) >= 11 is 0.919. The lowest BCUT2D eigenvalue weighted by Crippen LogP contribution is -2.39. The fourth-order valence-electron chi connectivity index (χ4n) is 1.43. The largest absolute Gasteiger partial charge is 0.480 e. The molecule has 1 aliphatic rings. The van der Waals surface area contributed by atoms with Gasteiger partial charge >= 0.3 is 5.97 Å². The lowest BCUT2D eigenvalue weighted by atomic mass is 10.2. The third kappa shape index (κ3) is 4.78. The normalized spacial score (nSPS) is 16.2. The molecule has 9 nitrogen and oxygen atoms in total. The highest BCUT2D eigenvalue weighted by Gasteiger charge is 2.29. The van der Waals surface area contributed by atoms with Crippen LogP contribution in [-0.2, 0) is 14.4 Å². The number of rotatable bonds is 7. The van der Waals surface area contributed by atoms with Gasteiger partial charge in [-0.3, -0.25) is 24.1 Å². The molecule has 1 atom stereocenters. The van der Waals surface area contributed by atoms with Crippen LogP contribution in [0.25, 0.3) is 0 Å². The third-order valence-electron chi connectivity index (χ3n) is 2.65. The fourth-order valence-corrected chi connectivity index (χ4v) is 2.18. The minimum atomic E-state index is -1.22. The van der Waals surface area contributed by atoms with Crippen molar-refractivity contribution in [1.82, 2.24) is 15.5 Å². The zero-order valence-corrected chi connectivity index (χ0v) is 12.5. The zero-order valence-electron chi connectivity index (χ0n) is 11.7. The van der Waals surface area contributed by atoms with Crippen molar-refractivity contribution in [3.05, 3.63) is 11.8 Å². The molecule has 0 aliphatic carbocycles. The van der Waals surface area contributed by atoms with Gasteiger partial charge in [0.2, 0.25) is 5.91 Å². The van der Waals surface area contributed by atoms with E-state index in [1.165, 1.54) is 6.92 Å². The molecule has 1 heterocycles. The Hall–Kier alpha value is -2.54. The molecule has 0 bridgehead atoms. The molecular weight excluding hydrogens is 312 g/mol. The van der Waals surface area contributed by atoms with Gasteiger partial charge < -0.3 is 15.7 Å². The van der Waals surface area contributed by atoms with Gasteiger partial charge in [-0.25, -0.2) is 0 Å². The second-order valence-electron chi connectivity index (χ2n) is 4.26. The van der Waals surface area contributed by atoms with Crippen molar-refractivity contribution < 1.29 is 24.3 Å². The van der Waals surface area contributed by atoms with Crippen LogP contribution in [0.5, 0.6) is 0 Å². The van der Waals surface area contributed by atoms with Crippen molar-refractivity contribution in [2.75, 3.05) is 18.8 Å². The Morgan fingerprint density at radius 3 is 2.73 bits per heavy atom. The first kappa shape index (κ1) is 17.5. The van der Waals surface area contributed by atoms with Crippen molar-refractivity contribution in [1.29, 1.82) is 5.26 Å². The number of amides is 3. The standard InChI is InChI=1S/C12H14N4O5S/c1-7(11(19)20)15-10(18)8(4-13)5-14-2-3-16-9(17)6-22-12(16)21/h5,7,14H,2-3,6H2,1H3,(H,15,18)(H,19,20)/b8-5-. The number of thioether (sulfide) groups is 1. The molecule has 3 N–H and O–H groups in total. The monoisotopic (exact) mass is 326 g/mol. The molecule has 1 aliphatic heterocycles. The van der Waals surface area contributed by atoms with Gasteiger partial charge in [-0.05, 0) is 6.92 Å². The first-order valence-electron chi connectivity index (χ1n) is 6.21. The van der Waals surface area contributed by atoms with Gasteiger partial charge in [0.15, 0.2) is 0 Å². The minimum absolute atomic E-state index is 0.118. The maximum Gasteiger partial charge on any atom is 0.325 e. The van der Waals surface area contributed by atoms with Crippen LogP contribution < -0.4 is 10.6 Å². The van der Waals surface area contributed by atoms with E-state index >= 15 is 0 Å². The number of nitrogens with one attached hydrogen (secondary N) is 2. The van der Waals surface area contributed by atoms with Gasteiger partial charge in [-0.1, -0.05) is 11.8 Å². The van der Waals surface area contributed by atoms with Crippen LogP contribution in [-0.4, -0.2) is 57.9 Å². The smallest absolute Gasteiger partial charge is 0.325 e. The number of hydrogen-bond acceptors (Lipinski definition) is 7. The second kappa shape index (κ2) is 8.04. The van der Waals surface area contributed by atoms with E-state index in [4.69, 9.17) is 10.4 Å². The molecular formula is C12H14N4O5S. The summed E-state index contributed by atoms with van der Waals surface area (Å²) in [5, 5.41) is 22.0. The Morgan fingerprint density at radius 1 is 1.55 bits per heavy atom. The van der Waals surface area contributed by atoms with Gasteiger partial charge in [-0.15, -0.1) is 0 Å². The molecule has 3 amide bonds. The van der Waals surface area contributed by atoms with Crippen LogP contribution >= 0.6 is 11.8 Å². The molecule has 22 heavy (non-hydrogen) atoms. The fraction of sp³-hybridized carbons (Fsp3) is 0.417. The van der Waals surface area contributed by atoms with E-state index in [1.807, 2.05) is 0 Å². The molecule has 0 spiro atoms. The first-order valence-corrected chi connectivity index (χ1v) is 7.19. The molecule has 1 rings (SSSR count). The number of aliphatic carboxylic acids is 1. The van der Waals surface area contributed by atoms with Crippen molar-refractivity contribution in [3.8, 4) is 6.07 Å². The van der Waals surface area contributed by atoms with E-state index in [0.29, 0.717) is 0 Å². The predicted molar refractivity (Wildman–Crippen MR) is 76.5 cm³/mol. The number of carbonyl (C=O) groups excluding carboxylic acids is 3. The maximum atomic E-state index is 11.6. The average molecular weight is 326 g/mol. The first-order chi connectivity index (χ1) is 10.4. The third-order valence-corrected chi connectivity index (χ3v) is 3.51. The summed E-state index contributed by atoms with van der Waals surface area (Å²) in [5.41, 5.74) is -0.304. The van der Waals surface area contributed by atoms with Gasteiger partial charge in [-0.2, -0.15) is 5.26 Å². The molecule has 0 aromatic carbocycles. The van der Waals surface area contributed by atoms with Crippen LogP contribution in [0.15, 0.2) is 11.8 Å². The highest BCUT2D eigenvalue weighted by Crippen LogP contribution is 2.17. The maximum absolute atomic E-state index is 11.6. The number of hydrogen-bond donors (Lipinski definition) is 3. The van der Waals surface area contributed by atoms with Gasteiger partial charge in [0, 0.05) is 19.3 Å². The van der Waals surface area contributed by atoms with Crippen LogP contribution in [0.1, 0.15) is 6.92 Å². The minimum Gasteiger partial charge on any atom is -0.480 e. The Labute approximate surface area is 130 Å². The molecule has 1 fully saturated rings. The van der Waals surface area contributed by atoms with E-state index < -0.39 is 17.9 Å². The molecule has 10 heteroatoms. The molecule has 1 unspecified atom stereocenters. The Bertz CT molecular complexity index is 552. The molecule has 0 aromatic heterocycles. The SMILES string of the molecule is CC(NC(=O)/C(C#N)=C\NCCN1C(=O)CSC1=O)C(=O)O. The van der Waals surface area contributed by atoms with Gasteiger partial charge in [0.25, 0.3) is 11.1 Å². The summed E-state index contributed by atoms with van der Waals surface area (Å²) in [6.45, 7) is 1.56. The Balaban J connectivity index is 2.47. The summed E-state index contributed by atoms with van der Waals surface area (Å²) in [6.07, 6.45) is 1.11. The van der Waals surface area contributed by atoms with Crippen LogP contribution in [0.3, 0.4) is 0 Å². The van der Waals surface area contributed by atoms with Crippen molar-refractivity contribution >= 4 is 34.8 Å². The van der Waals surface area contributed by atoms with E-state index in [9.17, 15) is 19.2 Å². The summed E-state index contributed by atoms with van der Waals surface area (Å²) < 4.78 is 0. The molecule has 0 saturated carbocycles. The van der Waals surface area contributed by atoms with Gasteiger partial charge in [0.1, 0.15) is 17.7 Å². The molecule has 0 aromatic rings. The highest BCUT2D eigenvalue weighted by molar-refractivity contribution is 8.14. The van der Waals surface area contributed by atoms with Crippen LogP contribution in [0.2, 0.25) is 0 Å². The number of nitriles is 1. The Kier molecular flexibility index (Phi) is 6.40. The van der Waals surface area contributed by atoms with Crippen molar-refractivity contribution in [2.45, 2.75) is 13.0 Å². The second-order valence-corrected chi connectivity index (χ2v) is 5.18. The summed E-state index contributed by atoms with van der Waals surface area (Å²) in [5.74, 6) is -2.21. The van der Waals surface area contributed by atoms with Gasteiger partial charge in [0.05, 0.1) is 5.75 Å².